The zero-order valence-electron chi connectivity index (χ0n) is 46.7. The maximum atomic E-state index is 13.5. The number of nitrogens with one attached hydrogen (secondary N) is 1. The highest BCUT2D eigenvalue weighted by Crippen LogP contribution is 2.38. The number of carbonyl (C=O) groups is 2. The third kappa shape index (κ3) is 50.9. The van der Waals surface area contributed by atoms with E-state index in [-0.39, 0.29) is 24.9 Å². The molecule has 0 aromatic carbocycles. The summed E-state index contributed by atoms with van der Waals surface area (Å²) in [5.74, 6) is -0.560. The van der Waals surface area contributed by atoms with E-state index in [1.54, 1.807) is 0 Å². The molecule has 0 aromatic rings. The highest BCUT2D eigenvalue weighted by molar-refractivity contribution is 7.45. The average Bonchev–Trinajstić information content (AvgIpc) is 3.32. The second-order valence-corrected chi connectivity index (χ2v) is 22.5. The Kier molecular flexibility index (Phi) is 49.0. The molecule has 0 spiro atoms. The number of unbranched alkanes of at least 4 members (excludes halogenated alkanes) is 31. The van der Waals surface area contributed by atoms with Gasteiger partial charge < -0.3 is 28.5 Å². The number of phosphoric acid groups is 1. The Hall–Kier alpha value is -2.03. The molecule has 3 unspecified atom stereocenters. The Balaban J connectivity index is 5.25. The van der Waals surface area contributed by atoms with Crippen molar-refractivity contribution in [2.75, 3.05) is 40.9 Å². The van der Waals surface area contributed by atoms with Crippen LogP contribution in [0.5, 0.6) is 0 Å². The molecular weight excluding hydrogens is 892 g/mol. The van der Waals surface area contributed by atoms with Crippen molar-refractivity contribution in [3.05, 3.63) is 48.6 Å². The van der Waals surface area contributed by atoms with Gasteiger partial charge in [0, 0.05) is 12.8 Å². The van der Waals surface area contributed by atoms with Gasteiger partial charge in [-0.3, -0.25) is 14.2 Å². The van der Waals surface area contributed by atoms with Crippen LogP contribution in [-0.2, 0) is 27.9 Å². The van der Waals surface area contributed by atoms with E-state index in [0.29, 0.717) is 23.9 Å². The molecule has 1 N–H and O–H groups in total. The maximum Gasteiger partial charge on any atom is 0.306 e. The number of quaternary nitrogens is 1. The van der Waals surface area contributed by atoms with Gasteiger partial charge in [-0.1, -0.05) is 243 Å². The number of likely N-dealkylation sites (N-methyl/N-ethyl adjacent to an activating group) is 1. The van der Waals surface area contributed by atoms with Crippen LogP contribution in [0.25, 0.3) is 0 Å². The highest BCUT2D eigenvalue weighted by Gasteiger charge is 2.27. The van der Waals surface area contributed by atoms with Crippen molar-refractivity contribution in [1.29, 1.82) is 0 Å². The third-order valence-electron chi connectivity index (χ3n) is 13.0. The smallest absolute Gasteiger partial charge is 0.306 e. The van der Waals surface area contributed by atoms with Crippen LogP contribution in [0, 0.1) is 0 Å². The fourth-order valence-electron chi connectivity index (χ4n) is 8.48. The van der Waals surface area contributed by atoms with E-state index < -0.39 is 26.6 Å². The van der Waals surface area contributed by atoms with Crippen molar-refractivity contribution in [2.45, 2.75) is 283 Å². The summed E-state index contributed by atoms with van der Waals surface area (Å²) < 4.78 is 30.2. The number of hydrogen-bond acceptors (Lipinski definition) is 7. The third-order valence-corrected chi connectivity index (χ3v) is 14.0. The van der Waals surface area contributed by atoms with E-state index in [1.807, 2.05) is 33.3 Å². The van der Waals surface area contributed by atoms with E-state index in [2.05, 4.69) is 62.5 Å². The first-order chi connectivity index (χ1) is 33.9. The first-order valence-corrected chi connectivity index (χ1v) is 30.9. The number of rotatable bonds is 53. The van der Waals surface area contributed by atoms with Crippen LogP contribution in [0.1, 0.15) is 271 Å². The summed E-state index contributed by atoms with van der Waals surface area (Å²) in [5.41, 5.74) is 0. The lowest BCUT2D eigenvalue weighted by Gasteiger charge is -2.30. The van der Waals surface area contributed by atoms with Gasteiger partial charge in [-0.25, -0.2) is 0 Å². The van der Waals surface area contributed by atoms with Crippen LogP contribution in [0.2, 0.25) is 0 Å². The number of carbonyl (C=O) groups excluding carboxylic acids is 2. The lowest BCUT2D eigenvalue weighted by molar-refractivity contribution is -0.870. The first kappa shape index (κ1) is 68.0. The molecule has 0 aromatic heterocycles. The monoisotopic (exact) mass is 1000 g/mol. The normalized spacial score (nSPS) is 14.1. The lowest BCUT2D eigenvalue weighted by Crippen LogP contribution is -2.47. The fourth-order valence-corrected chi connectivity index (χ4v) is 9.20. The standard InChI is InChI=1S/C60H113N2O7P/c1-7-10-13-16-19-22-25-27-29-30-31-32-33-35-38-41-44-47-50-53-60(64)69-58(51-48-45-42-39-36-24-21-18-15-12-9-3)57(56-68-70(65,66)67-55-54-62(4,5)6)61-59(63)52-49-46-43-40-37-34-28-26-23-20-17-14-11-8-2/h11,14,20,23,28,34,48,51,57-58H,7-10,12-13,15-19,21-22,24-27,29-33,35-47,49-50,52-56H2,1-6H3,(H-,61,63,65,66)/b14-11+,23-20+,34-28+,51-48+. The van der Waals surface area contributed by atoms with Gasteiger partial charge in [0.15, 0.2) is 0 Å². The van der Waals surface area contributed by atoms with Gasteiger partial charge in [-0.05, 0) is 63.9 Å². The lowest BCUT2D eigenvalue weighted by atomic mass is 10.0. The minimum Gasteiger partial charge on any atom is -0.756 e. The number of esters is 1. The molecule has 0 rings (SSSR count). The molecule has 410 valence electrons. The van der Waals surface area contributed by atoms with Crippen LogP contribution < -0.4 is 10.2 Å². The van der Waals surface area contributed by atoms with Gasteiger partial charge in [0.25, 0.3) is 7.82 Å². The summed E-state index contributed by atoms with van der Waals surface area (Å²) in [4.78, 5) is 39.8. The van der Waals surface area contributed by atoms with Crippen molar-refractivity contribution in [1.82, 2.24) is 5.32 Å². The van der Waals surface area contributed by atoms with Crippen LogP contribution in [-0.4, -0.2) is 69.4 Å². The summed E-state index contributed by atoms with van der Waals surface area (Å²) in [5, 5.41) is 3.01. The van der Waals surface area contributed by atoms with Crippen molar-refractivity contribution in [3.8, 4) is 0 Å². The predicted molar refractivity (Wildman–Crippen MR) is 298 cm³/mol. The zero-order chi connectivity index (χ0) is 51.5. The summed E-state index contributed by atoms with van der Waals surface area (Å²) in [6.07, 6.45) is 60.8. The number of nitrogens with zero attached hydrogens (tertiary/aromatic N) is 1. The number of amides is 1. The Morgan fingerprint density at radius 3 is 1.37 bits per heavy atom. The molecule has 0 saturated heterocycles. The van der Waals surface area contributed by atoms with Gasteiger partial charge in [0.05, 0.1) is 33.8 Å². The van der Waals surface area contributed by atoms with Gasteiger partial charge in [-0.15, -0.1) is 0 Å². The molecule has 3 atom stereocenters. The fraction of sp³-hybridized carbons (Fsp3) is 0.833. The summed E-state index contributed by atoms with van der Waals surface area (Å²) in [7, 11) is 1.17. The van der Waals surface area contributed by atoms with E-state index >= 15 is 0 Å². The summed E-state index contributed by atoms with van der Waals surface area (Å²) in [6, 6.07) is -0.896. The van der Waals surface area contributed by atoms with Crippen LogP contribution >= 0.6 is 7.82 Å². The van der Waals surface area contributed by atoms with E-state index in [1.165, 1.54) is 148 Å². The van der Waals surface area contributed by atoms with Crippen LogP contribution in [0.3, 0.4) is 0 Å². The molecule has 10 heteroatoms. The minimum absolute atomic E-state index is 0.0262. The van der Waals surface area contributed by atoms with Crippen molar-refractivity contribution < 1.29 is 37.3 Å². The molecule has 0 saturated carbocycles. The van der Waals surface area contributed by atoms with Gasteiger partial charge in [-0.2, -0.15) is 0 Å². The maximum absolute atomic E-state index is 13.5. The predicted octanol–water partition coefficient (Wildman–Crippen LogP) is 17.1. The van der Waals surface area contributed by atoms with Gasteiger partial charge in [0.1, 0.15) is 19.3 Å². The second-order valence-electron chi connectivity index (χ2n) is 21.1. The molecule has 0 fully saturated rings. The number of phosphoric ester groups is 1. The summed E-state index contributed by atoms with van der Waals surface area (Å²) in [6.45, 7) is 6.72. The van der Waals surface area contributed by atoms with Gasteiger partial charge >= 0.3 is 5.97 Å². The zero-order valence-corrected chi connectivity index (χ0v) is 47.6. The molecule has 0 radical (unpaired) electrons. The topological polar surface area (TPSA) is 114 Å². The van der Waals surface area contributed by atoms with Crippen molar-refractivity contribution >= 4 is 19.7 Å². The Morgan fingerprint density at radius 2 is 0.914 bits per heavy atom. The molecule has 1 amide bonds. The van der Waals surface area contributed by atoms with E-state index in [4.69, 9.17) is 13.8 Å². The molecule has 0 aliphatic carbocycles. The molecule has 0 aliphatic heterocycles. The molecule has 0 heterocycles. The first-order valence-electron chi connectivity index (χ1n) is 29.4. The quantitative estimate of drug-likeness (QED) is 0.0212. The van der Waals surface area contributed by atoms with E-state index in [9.17, 15) is 19.0 Å². The molecule has 70 heavy (non-hydrogen) atoms. The molecule has 0 aliphatic rings. The van der Waals surface area contributed by atoms with Crippen LogP contribution in [0.15, 0.2) is 48.6 Å². The SMILES string of the molecule is CC/C=C/C/C=C/C/C=C/CCCCCCC(=O)NC(COP(=O)([O-])OCC[N+](C)(C)C)C(/C=C/CCCCCCCCCCC)OC(=O)CCCCCCCCCCCCCCCCCCCCC. The van der Waals surface area contributed by atoms with Crippen LogP contribution in [0.4, 0.5) is 0 Å². The van der Waals surface area contributed by atoms with Gasteiger partial charge in [0.2, 0.25) is 5.91 Å². The Bertz CT molecular complexity index is 1340. The second kappa shape index (κ2) is 50.5. The number of allylic oxidation sites excluding steroid dienone is 7. The number of hydrogen-bond donors (Lipinski definition) is 1. The molecular formula is C60H113N2O7P. The van der Waals surface area contributed by atoms with Crippen molar-refractivity contribution in [2.24, 2.45) is 0 Å². The van der Waals surface area contributed by atoms with E-state index in [0.717, 1.165) is 83.5 Å². The summed E-state index contributed by atoms with van der Waals surface area (Å²) >= 11 is 0. The Morgan fingerprint density at radius 1 is 0.514 bits per heavy atom. The highest BCUT2D eigenvalue weighted by atomic mass is 31.2. The molecule has 9 nitrogen and oxygen atoms in total. The molecule has 0 bridgehead atoms. The largest absolute Gasteiger partial charge is 0.756 e. The van der Waals surface area contributed by atoms with Crippen molar-refractivity contribution in [3.63, 3.8) is 0 Å². The average molecular weight is 1010 g/mol. The number of ether oxygens (including phenoxy) is 1. The minimum atomic E-state index is -4.70. The Labute approximate surface area is 433 Å².